The molecule has 2 aromatic carbocycles. The zero-order valence-electron chi connectivity index (χ0n) is 13.8. The molecule has 0 radical (unpaired) electrons. The minimum atomic E-state index is -0.173. The molecule has 0 aliphatic heterocycles. The van der Waals surface area contributed by atoms with Crippen molar-refractivity contribution in [2.45, 2.75) is 25.9 Å². The summed E-state index contributed by atoms with van der Waals surface area (Å²) in [5.41, 5.74) is 1.44. The minimum absolute atomic E-state index is 0.0395. The van der Waals surface area contributed by atoms with Crippen LogP contribution in [0, 0.1) is 0 Å². The largest absolute Gasteiger partial charge is 0.348 e. The van der Waals surface area contributed by atoms with Crippen molar-refractivity contribution in [2.75, 3.05) is 0 Å². The Balaban J connectivity index is 1.81. The standard InChI is InChI=1S/C19H18ClN3O2/c1-2-16(13-6-5-7-14(20)10-13)22-19(25)12-23-17-9-4-3-8-15(17)18(24)11-21-23/h3-11,16H,2,12H2,1H3,(H,22,25). The van der Waals surface area contributed by atoms with E-state index >= 15 is 0 Å². The predicted molar refractivity (Wildman–Crippen MR) is 98.6 cm³/mol. The average Bonchev–Trinajstić information content (AvgIpc) is 2.62. The van der Waals surface area contributed by atoms with Crippen LogP contribution in [-0.2, 0) is 11.3 Å². The lowest BCUT2D eigenvalue weighted by Crippen LogP contribution is -2.32. The monoisotopic (exact) mass is 355 g/mol. The van der Waals surface area contributed by atoms with Crippen molar-refractivity contribution < 1.29 is 4.79 Å². The highest BCUT2D eigenvalue weighted by atomic mass is 35.5. The third-order valence-corrected chi connectivity index (χ3v) is 4.28. The molecule has 3 rings (SSSR count). The number of rotatable bonds is 5. The molecular formula is C19H18ClN3O2. The molecule has 0 bridgehead atoms. The first-order valence-electron chi connectivity index (χ1n) is 8.08. The SMILES string of the molecule is CCC(NC(=O)Cn1ncc(=O)c2ccccc21)c1cccc(Cl)c1. The number of benzene rings is 2. The third-order valence-electron chi connectivity index (χ3n) is 4.05. The van der Waals surface area contributed by atoms with Crippen LogP contribution in [0.4, 0.5) is 0 Å². The summed E-state index contributed by atoms with van der Waals surface area (Å²) in [5.74, 6) is -0.173. The zero-order valence-corrected chi connectivity index (χ0v) is 14.5. The van der Waals surface area contributed by atoms with Gasteiger partial charge in [-0.1, -0.05) is 42.8 Å². The summed E-state index contributed by atoms with van der Waals surface area (Å²) in [6, 6.07) is 14.4. The Morgan fingerprint density at radius 2 is 2.04 bits per heavy atom. The molecule has 1 unspecified atom stereocenters. The topological polar surface area (TPSA) is 64.0 Å². The Morgan fingerprint density at radius 3 is 2.80 bits per heavy atom. The van der Waals surface area contributed by atoms with Crippen molar-refractivity contribution in [1.82, 2.24) is 15.1 Å². The van der Waals surface area contributed by atoms with Gasteiger partial charge >= 0.3 is 0 Å². The van der Waals surface area contributed by atoms with E-state index in [2.05, 4.69) is 10.4 Å². The van der Waals surface area contributed by atoms with E-state index in [0.29, 0.717) is 15.9 Å². The van der Waals surface area contributed by atoms with E-state index in [-0.39, 0.29) is 23.9 Å². The fourth-order valence-corrected chi connectivity index (χ4v) is 3.01. The quantitative estimate of drug-likeness (QED) is 0.763. The fourth-order valence-electron chi connectivity index (χ4n) is 2.81. The maximum Gasteiger partial charge on any atom is 0.242 e. The highest BCUT2D eigenvalue weighted by molar-refractivity contribution is 6.30. The molecule has 0 spiro atoms. The van der Waals surface area contributed by atoms with E-state index < -0.39 is 0 Å². The van der Waals surface area contributed by atoms with E-state index in [1.165, 1.54) is 10.9 Å². The van der Waals surface area contributed by atoms with Gasteiger partial charge in [0.1, 0.15) is 6.54 Å². The van der Waals surface area contributed by atoms with Gasteiger partial charge in [0.25, 0.3) is 0 Å². The van der Waals surface area contributed by atoms with Crippen LogP contribution in [0.25, 0.3) is 10.9 Å². The van der Waals surface area contributed by atoms with Crippen molar-refractivity contribution in [1.29, 1.82) is 0 Å². The Labute approximate surface area is 150 Å². The molecule has 0 saturated carbocycles. The lowest BCUT2D eigenvalue weighted by Gasteiger charge is -2.18. The molecule has 6 heteroatoms. The van der Waals surface area contributed by atoms with Crippen LogP contribution in [-0.4, -0.2) is 15.7 Å². The molecule has 0 fully saturated rings. The second-order valence-corrected chi connectivity index (χ2v) is 6.20. The molecule has 1 amide bonds. The van der Waals surface area contributed by atoms with Crippen LogP contribution in [0.15, 0.2) is 59.5 Å². The van der Waals surface area contributed by atoms with Crippen molar-refractivity contribution in [2.24, 2.45) is 0 Å². The summed E-state index contributed by atoms with van der Waals surface area (Å²) < 4.78 is 1.54. The highest BCUT2D eigenvalue weighted by Crippen LogP contribution is 2.20. The first-order chi connectivity index (χ1) is 12.1. The second-order valence-electron chi connectivity index (χ2n) is 5.77. The minimum Gasteiger partial charge on any atom is -0.348 e. The van der Waals surface area contributed by atoms with Gasteiger partial charge in [0.05, 0.1) is 17.8 Å². The number of para-hydroxylation sites is 1. The smallest absolute Gasteiger partial charge is 0.242 e. The number of nitrogens with zero attached hydrogens (tertiary/aromatic N) is 2. The summed E-state index contributed by atoms with van der Waals surface area (Å²) in [4.78, 5) is 24.4. The zero-order chi connectivity index (χ0) is 17.8. The fraction of sp³-hybridized carbons (Fsp3) is 0.211. The van der Waals surface area contributed by atoms with Crippen LogP contribution in [0.3, 0.4) is 0 Å². The third kappa shape index (κ3) is 3.88. The summed E-state index contributed by atoms with van der Waals surface area (Å²) in [7, 11) is 0. The first-order valence-corrected chi connectivity index (χ1v) is 8.46. The maximum atomic E-state index is 12.5. The Bertz CT molecular complexity index is 968. The van der Waals surface area contributed by atoms with E-state index in [4.69, 9.17) is 11.6 Å². The molecule has 1 heterocycles. The Kier molecular flexibility index (Phi) is 5.14. The van der Waals surface area contributed by atoms with Gasteiger partial charge in [0, 0.05) is 10.4 Å². The number of nitrogens with one attached hydrogen (secondary N) is 1. The number of hydrogen-bond donors (Lipinski definition) is 1. The molecule has 128 valence electrons. The molecule has 0 saturated heterocycles. The number of aromatic nitrogens is 2. The van der Waals surface area contributed by atoms with Gasteiger partial charge in [-0.2, -0.15) is 5.10 Å². The lowest BCUT2D eigenvalue weighted by molar-refractivity contribution is -0.122. The van der Waals surface area contributed by atoms with Crippen molar-refractivity contribution >= 4 is 28.4 Å². The van der Waals surface area contributed by atoms with Crippen molar-refractivity contribution in [3.8, 4) is 0 Å². The van der Waals surface area contributed by atoms with E-state index in [0.717, 1.165) is 12.0 Å². The van der Waals surface area contributed by atoms with Crippen molar-refractivity contribution in [3.05, 3.63) is 75.5 Å². The molecular weight excluding hydrogens is 338 g/mol. The molecule has 1 N–H and O–H groups in total. The molecule has 25 heavy (non-hydrogen) atoms. The van der Waals surface area contributed by atoms with Crippen LogP contribution >= 0.6 is 11.6 Å². The maximum absolute atomic E-state index is 12.5. The predicted octanol–water partition coefficient (Wildman–Crippen LogP) is 3.32. The molecule has 5 nitrogen and oxygen atoms in total. The molecule has 1 atom stereocenters. The van der Waals surface area contributed by atoms with E-state index in [1.54, 1.807) is 24.3 Å². The van der Waals surface area contributed by atoms with Gasteiger partial charge in [-0.25, -0.2) is 0 Å². The normalized spacial score (nSPS) is 12.1. The van der Waals surface area contributed by atoms with Crippen LogP contribution in [0.1, 0.15) is 24.9 Å². The van der Waals surface area contributed by atoms with E-state index in [1.807, 2.05) is 31.2 Å². The summed E-state index contributed by atoms with van der Waals surface area (Å²) in [6.07, 6.45) is 1.98. The number of carbonyl (C=O) groups excluding carboxylic acids is 1. The van der Waals surface area contributed by atoms with Gasteiger partial charge in [-0.05, 0) is 36.2 Å². The number of fused-ring (bicyclic) bond motifs is 1. The number of hydrogen-bond acceptors (Lipinski definition) is 3. The summed E-state index contributed by atoms with van der Waals surface area (Å²) in [5, 5.41) is 8.28. The number of halogens is 1. The Morgan fingerprint density at radius 1 is 1.24 bits per heavy atom. The van der Waals surface area contributed by atoms with Gasteiger partial charge in [-0.15, -0.1) is 0 Å². The van der Waals surface area contributed by atoms with Crippen LogP contribution < -0.4 is 10.7 Å². The van der Waals surface area contributed by atoms with Crippen LogP contribution in [0.5, 0.6) is 0 Å². The second kappa shape index (κ2) is 7.49. The molecule has 1 aromatic heterocycles. The van der Waals surface area contributed by atoms with E-state index in [9.17, 15) is 9.59 Å². The average molecular weight is 356 g/mol. The van der Waals surface area contributed by atoms with Gasteiger partial charge in [-0.3, -0.25) is 14.3 Å². The molecule has 3 aromatic rings. The van der Waals surface area contributed by atoms with Gasteiger partial charge in [0.2, 0.25) is 11.3 Å². The molecule has 0 aliphatic carbocycles. The van der Waals surface area contributed by atoms with Crippen molar-refractivity contribution in [3.63, 3.8) is 0 Å². The lowest BCUT2D eigenvalue weighted by atomic mass is 10.0. The Hall–Kier alpha value is -2.66. The number of amides is 1. The first kappa shape index (κ1) is 17.2. The number of carbonyl (C=O) groups is 1. The highest BCUT2D eigenvalue weighted by Gasteiger charge is 2.14. The summed E-state index contributed by atoms with van der Waals surface area (Å²) in [6.45, 7) is 2.04. The van der Waals surface area contributed by atoms with Crippen LogP contribution in [0.2, 0.25) is 5.02 Å². The van der Waals surface area contributed by atoms with Gasteiger partial charge < -0.3 is 5.32 Å². The molecule has 0 aliphatic rings. The summed E-state index contributed by atoms with van der Waals surface area (Å²) >= 11 is 6.04. The van der Waals surface area contributed by atoms with Gasteiger partial charge in [0.15, 0.2) is 0 Å².